The van der Waals surface area contributed by atoms with E-state index in [0.29, 0.717) is 17.9 Å². The molecule has 0 aliphatic carbocycles. The molecule has 4 heterocycles. The summed E-state index contributed by atoms with van der Waals surface area (Å²) in [6.45, 7) is 12.7. The van der Waals surface area contributed by atoms with E-state index in [1.807, 2.05) is 31.2 Å². The first-order chi connectivity index (χ1) is 18.5. The number of hydrogen-bond donors (Lipinski definition) is 3. The number of hydrogen-bond acceptors (Lipinski definition) is 5. The Kier molecular flexibility index (Phi) is 7.03. The molecule has 0 unspecified atom stereocenters. The van der Waals surface area contributed by atoms with Crippen LogP contribution in [0.3, 0.4) is 0 Å². The standard InChI is InChI=1S/C30H36FN7O/c1-18(6-7-19(2)31)27-22-16-37(13-12-25(22)35-36-27)15-20-8-9-23(32)21(14-20)24-10-11-26-28(33-24)34-29(39)38(26)17-30(3,4)5/h6-11,14H,12-13,15-17,32H2,1-5H3,(H,35,36)(H,33,34,39)/b18-6+,19-7?. The van der Waals surface area contributed by atoms with Gasteiger partial charge in [-0.3, -0.25) is 19.5 Å². The number of pyridine rings is 1. The van der Waals surface area contributed by atoms with Gasteiger partial charge in [0.25, 0.3) is 0 Å². The summed E-state index contributed by atoms with van der Waals surface area (Å²) < 4.78 is 15.0. The van der Waals surface area contributed by atoms with Gasteiger partial charge in [-0.05, 0) is 60.7 Å². The average molecular weight is 530 g/mol. The van der Waals surface area contributed by atoms with E-state index < -0.39 is 0 Å². The molecule has 0 fully saturated rings. The molecule has 204 valence electrons. The van der Waals surface area contributed by atoms with Gasteiger partial charge in [-0.15, -0.1) is 0 Å². The van der Waals surface area contributed by atoms with Crippen LogP contribution in [0, 0.1) is 5.41 Å². The van der Waals surface area contributed by atoms with E-state index in [2.05, 4.69) is 46.9 Å². The van der Waals surface area contributed by atoms with Gasteiger partial charge < -0.3 is 5.73 Å². The van der Waals surface area contributed by atoms with Gasteiger partial charge in [-0.25, -0.2) is 14.2 Å². The lowest BCUT2D eigenvalue weighted by Gasteiger charge is -2.27. The Hall–Kier alpha value is -3.98. The topological polar surface area (TPSA) is 109 Å². The summed E-state index contributed by atoms with van der Waals surface area (Å²) in [5.74, 6) is -0.234. The SMILES string of the molecule is CC(F)=C/C=C(\C)c1n[nH]c2c1CN(Cc1ccc(N)c(-c3ccc4c(n3)[nH]c(=O)n4CC(C)(C)C)c1)CC2. The number of nitrogen functional groups attached to an aromatic ring is 1. The first kappa shape index (κ1) is 26.6. The fraction of sp³-hybridized carbons (Fsp3) is 0.367. The molecule has 5 rings (SSSR count). The van der Waals surface area contributed by atoms with Crippen LogP contribution in [0.25, 0.3) is 28.0 Å². The minimum Gasteiger partial charge on any atom is -0.398 e. The lowest BCUT2D eigenvalue weighted by molar-refractivity contribution is 0.244. The quantitative estimate of drug-likeness (QED) is 0.223. The first-order valence-electron chi connectivity index (χ1n) is 13.3. The number of rotatable bonds is 6. The molecular formula is C30H36FN7O. The normalized spacial score (nSPS) is 15.2. The second-order valence-electron chi connectivity index (χ2n) is 11.7. The summed E-state index contributed by atoms with van der Waals surface area (Å²) in [6, 6.07) is 9.92. The zero-order valence-electron chi connectivity index (χ0n) is 23.2. The number of nitrogens with one attached hydrogen (secondary N) is 2. The summed E-state index contributed by atoms with van der Waals surface area (Å²) in [6.07, 6.45) is 4.10. The number of fused-ring (bicyclic) bond motifs is 2. The Balaban J connectivity index is 1.39. The number of anilines is 1. The van der Waals surface area contributed by atoms with Crippen molar-refractivity contribution in [3.8, 4) is 11.3 Å². The second kappa shape index (κ2) is 10.3. The fourth-order valence-corrected chi connectivity index (χ4v) is 5.13. The molecule has 1 aliphatic rings. The van der Waals surface area contributed by atoms with Crippen molar-refractivity contribution in [3.05, 3.63) is 81.3 Å². The van der Waals surface area contributed by atoms with Crippen molar-refractivity contribution in [2.24, 2.45) is 5.41 Å². The van der Waals surface area contributed by atoms with Crippen molar-refractivity contribution in [1.82, 2.24) is 29.6 Å². The molecule has 4 aromatic rings. The summed E-state index contributed by atoms with van der Waals surface area (Å²) in [5, 5.41) is 7.68. The lowest BCUT2D eigenvalue weighted by atomic mass is 9.97. The molecule has 0 saturated carbocycles. The second-order valence-corrected chi connectivity index (χ2v) is 11.7. The maximum absolute atomic E-state index is 13.2. The fourth-order valence-electron chi connectivity index (χ4n) is 5.13. The number of H-pyrrole nitrogens is 2. The Morgan fingerprint density at radius 2 is 1.97 bits per heavy atom. The highest BCUT2D eigenvalue weighted by atomic mass is 19.1. The molecule has 9 heteroatoms. The third-order valence-corrected chi connectivity index (χ3v) is 7.02. The number of nitrogens with two attached hydrogens (primary N) is 1. The van der Waals surface area contributed by atoms with Crippen molar-refractivity contribution in [2.75, 3.05) is 12.3 Å². The number of imidazole rings is 1. The molecule has 0 radical (unpaired) electrons. The Labute approximate surface area is 227 Å². The molecule has 1 aliphatic heterocycles. The molecule has 0 bridgehead atoms. The van der Waals surface area contributed by atoms with E-state index in [4.69, 9.17) is 10.7 Å². The van der Waals surface area contributed by atoms with Crippen LogP contribution in [0.5, 0.6) is 0 Å². The minimum absolute atomic E-state index is 0.0394. The first-order valence-corrected chi connectivity index (χ1v) is 13.3. The monoisotopic (exact) mass is 529 g/mol. The van der Waals surface area contributed by atoms with Crippen LogP contribution in [-0.2, 0) is 26.1 Å². The van der Waals surface area contributed by atoms with Gasteiger partial charge in [-0.2, -0.15) is 5.10 Å². The number of allylic oxidation sites excluding steroid dienone is 4. The molecule has 0 spiro atoms. The Morgan fingerprint density at radius 3 is 2.72 bits per heavy atom. The predicted octanol–water partition coefficient (Wildman–Crippen LogP) is 5.58. The zero-order chi connectivity index (χ0) is 27.9. The minimum atomic E-state index is -0.234. The molecule has 0 atom stereocenters. The summed E-state index contributed by atoms with van der Waals surface area (Å²) in [4.78, 5) is 22.7. The van der Waals surface area contributed by atoms with Gasteiger partial charge in [0.05, 0.1) is 22.7 Å². The molecule has 39 heavy (non-hydrogen) atoms. The average Bonchev–Trinajstić information content (AvgIpc) is 3.42. The Morgan fingerprint density at radius 1 is 1.18 bits per heavy atom. The van der Waals surface area contributed by atoms with Crippen LogP contribution in [0.15, 0.2) is 53.1 Å². The Bertz CT molecular complexity index is 1640. The molecule has 0 amide bonds. The highest BCUT2D eigenvalue weighted by Crippen LogP contribution is 2.30. The predicted molar refractivity (Wildman–Crippen MR) is 155 cm³/mol. The molecule has 1 aromatic carbocycles. The van der Waals surface area contributed by atoms with Gasteiger partial charge in [0.1, 0.15) is 0 Å². The van der Waals surface area contributed by atoms with E-state index in [0.717, 1.165) is 70.9 Å². The van der Waals surface area contributed by atoms with Gasteiger partial charge in [0.2, 0.25) is 0 Å². The third-order valence-electron chi connectivity index (χ3n) is 7.02. The molecular weight excluding hydrogens is 493 g/mol. The molecule has 3 aromatic heterocycles. The van der Waals surface area contributed by atoms with Crippen molar-refractivity contribution in [3.63, 3.8) is 0 Å². The van der Waals surface area contributed by atoms with E-state index in [-0.39, 0.29) is 16.9 Å². The number of benzene rings is 1. The highest BCUT2D eigenvalue weighted by molar-refractivity contribution is 5.80. The maximum atomic E-state index is 13.2. The van der Waals surface area contributed by atoms with Crippen molar-refractivity contribution < 1.29 is 4.39 Å². The largest absolute Gasteiger partial charge is 0.398 e. The van der Waals surface area contributed by atoms with Crippen LogP contribution in [0.1, 0.15) is 57.1 Å². The molecule has 0 saturated heterocycles. The van der Waals surface area contributed by atoms with Gasteiger partial charge in [-0.1, -0.05) is 32.9 Å². The van der Waals surface area contributed by atoms with Crippen LogP contribution in [0.4, 0.5) is 10.1 Å². The van der Waals surface area contributed by atoms with Gasteiger partial charge >= 0.3 is 5.69 Å². The van der Waals surface area contributed by atoms with E-state index in [1.54, 1.807) is 10.6 Å². The number of aromatic nitrogens is 5. The maximum Gasteiger partial charge on any atom is 0.327 e. The van der Waals surface area contributed by atoms with Crippen LogP contribution in [0.2, 0.25) is 0 Å². The third kappa shape index (κ3) is 5.73. The summed E-state index contributed by atoms with van der Waals surface area (Å²) in [7, 11) is 0. The van der Waals surface area contributed by atoms with Gasteiger partial charge in [0, 0.05) is 55.1 Å². The van der Waals surface area contributed by atoms with Crippen LogP contribution in [-0.4, -0.2) is 36.2 Å². The zero-order valence-corrected chi connectivity index (χ0v) is 23.2. The molecule has 8 nitrogen and oxygen atoms in total. The smallest absolute Gasteiger partial charge is 0.327 e. The highest BCUT2D eigenvalue weighted by Gasteiger charge is 2.23. The van der Waals surface area contributed by atoms with Crippen LogP contribution < -0.4 is 11.4 Å². The number of nitrogens with zero attached hydrogens (tertiary/aromatic N) is 4. The summed E-state index contributed by atoms with van der Waals surface area (Å²) >= 11 is 0. The summed E-state index contributed by atoms with van der Waals surface area (Å²) in [5.41, 5.74) is 15.0. The van der Waals surface area contributed by atoms with Crippen molar-refractivity contribution in [2.45, 2.75) is 60.7 Å². The van der Waals surface area contributed by atoms with Crippen molar-refractivity contribution in [1.29, 1.82) is 0 Å². The number of aromatic amines is 2. The van der Waals surface area contributed by atoms with Gasteiger partial charge in [0.15, 0.2) is 5.65 Å². The van der Waals surface area contributed by atoms with Crippen LogP contribution >= 0.6 is 0 Å². The lowest BCUT2D eigenvalue weighted by Crippen LogP contribution is -2.30. The number of halogens is 1. The van der Waals surface area contributed by atoms with E-state index in [1.165, 1.54) is 13.0 Å². The van der Waals surface area contributed by atoms with E-state index in [9.17, 15) is 9.18 Å². The van der Waals surface area contributed by atoms with E-state index >= 15 is 0 Å². The molecule has 4 N–H and O–H groups in total. The van der Waals surface area contributed by atoms with Crippen molar-refractivity contribution >= 4 is 22.4 Å².